The summed E-state index contributed by atoms with van der Waals surface area (Å²) in [5, 5.41) is 6.08. The molecular weight excluding hydrogens is 437 g/mol. The molecule has 1 aromatic carbocycles. The van der Waals surface area contributed by atoms with Gasteiger partial charge in [-0.3, -0.25) is 4.68 Å². The van der Waals surface area contributed by atoms with Crippen molar-refractivity contribution in [3.63, 3.8) is 0 Å². The summed E-state index contributed by atoms with van der Waals surface area (Å²) in [6.45, 7) is 14.5. The van der Waals surface area contributed by atoms with Gasteiger partial charge < -0.3 is 5.73 Å². The van der Waals surface area contributed by atoms with Gasteiger partial charge in [-0.2, -0.15) is 5.10 Å². The van der Waals surface area contributed by atoms with E-state index in [-0.39, 0.29) is 5.92 Å². The lowest BCUT2D eigenvalue weighted by Gasteiger charge is -2.19. The summed E-state index contributed by atoms with van der Waals surface area (Å²) in [7, 11) is 0. The number of aromatic nitrogens is 2. The molecule has 2 rings (SSSR count). The fraction of sp³-hybridized carbons (Fsp3) is 0.444. The molecule has 2 aromatic rings. The van der Waals surface area contributed by atoms with Gasteiger partial charge >= 0.3 is 0 Å². The Labute approximate surface area is 204 Å². The second kappa shape index (κ2) is 12.3. The molecule has 32 heavy (non-hydrogen) atoms. The SMILES string of the molecule is C=C/C(=C\C(CC(C)c1c(Cl)ccc(C)c1Cl)=C(/C)N)c1cnn(C(CCC)CCC)c1. The normalized spacial score (nSPS) is 13.9. The van der Waals surface area contributed by atoms with Gasteiger partial charge in [-0.1, -0.05) is 75.5 Å². The summed E-state index contributed by atoms with van der Waals surface area (Å²) in [6.07, 6.45) is 13.3. The summed E-state index contributed by atoms with van der Waals surface area (Å²) < 4.78 is 2.10. The Kier molecular flexibility index (Phi) is 10.1. The van der Waals surface area contributed by atoms with E-state index >= 15 is 0 Å². The van der Waals surface area contributed by atoms with Crippen molar-refractivity contribution in [3.05, 3.63) is 81.3 Å². The van der Waals surface area contributed by atoms with Gasteiger partial charge in [0, 0.05) is 27.5 Å². The first-order valence-electron chi connectivity index (χ1n) is 11.5. The zero-order valence-corrected chi connectivity index (χ0v) is 21.6. The minimum Gasteiger partial charge on any atom is -0.402 e. The molecule has 3 nitrogen and oxygen atoms in total. The fourth-order valence-electron chi connectivity index (χ4n) is 4.11. The molecule has 0 spiro atoms. The predicted molar refractivity (Wildman–Crippen MR) is 140 cm³/mol. The number of nitrogens with two attached hydrogens (primary N) is 1. The maximum absolute atomic E-state index is 6.59. The van der Waals surface area contributed by atoms with Crippen molar-refractivity contribution in [2.45, 2.75) is 78.7 Å². The van der Waals surface area contributed by atoms with Crippen molar-refractivity contribution in [3.8, 4) is 0 Å². The van der Waals surface area contributed by atoms with Crippen molar-refractivity contribution in [1.82, 2.24) is 9.78 Å². The maximum atomic E-state index is 6.59. The lowest BCUT2D eigenvalue weighted by Crippen LogP contribution is -2.09. The van der Waals surface area contributed by atoms with E-state index < -0.39 is 0 Å². The molecule has 174 valence electrons. The maximum Gasteiger partial charge on any atom is 0.0568 e. The van der Waals surface area contributed by atoms with Crippen molar-refractivity contribution in [2.75, 3.05) is 0 Å². The molecule has 1 heterocycles. The van der Waals surface area contributed by atoms with Crippen molar-refractivity contribution >= 4 is 28.8 Å². The van der Waals surface area contributed by atoms with Crippen LogP contribution in [0.25, 0.3) is 5.57 Å². The van der Waals surface area contributed by atoms with Gasteiger partial charge in [0.2, 0.25) is 0 Å². The molecule has 1 aromatic heterocycles. The summed E-state index contributed by atoms with van der Waals surface area (Å²) >= 11 is 13.1. The molecular formula is C27H37Cl2N3. The number of nitrogens with zero attached hydrogens (tertiary/aromatic N) is 2. The zero-order chi connectivity index (χ0) is 23.8. The number of halogens is 2. The number of hydrogen-bond acceptors (Lipinski definition) is 2. The van der Waals surface area contributed by atoms with Crippen LogP contribution in [-0.2, 0) is 0 Å². The summed E-state index contributed by atoms with van der Waals surface area (Å²) in [6, 6.07) is 4.29. The number of allylic oxidation sites excluding steroid dienone is 5. The monoisotopic (exact) mass is 473 g/mol. The summed E-state index contributed by atoms with van der Waals surface area (Å²) in [5.41, 5.74) is 12.2. The highest BCUT2D eigenvalue weighted by Crippen LogP contribution is 2.37. The highest BCUT2D eigenvalue weighted by atomic mass is 35.5. The largest absolute Gasteiger partial charge is 0.402 e. The molecule has 0 amide bonds. The van der Waals surface area contributed by atoms with Crippen molar-refractivity contribution < 1.29 is 0 Å². The number of aryl methyl sites for hydroxylation is 1. The van der Waals surface area contributed by atoms with Crippen LogP contribution in [0.1, 0.15) is 88.4 Å². The molecule has 1 unspecified atom stereocenters. The Bertz CT molecular complexity index is 975. The third-order valence-electron chi connectivity index (χ3n) is 5.95. The minimum absolute atomic E-state index is 0.118. The highest BCUT2D eigenvalue weighted by molar-refractivity contribution is 6.36. The molecule has 0 saturated heterocycles. The van der Waals surface area contributed by atoms with E-state index in [0.29, 0.717) is 11.1 Å². The molecule has 0 fully saturated rings. The van der Waals surface area contributed by atoms with Crippen molar-refractivity contribution in [2.24, 2.45) is 5.73 Å². The van der Waals surface area contributed by atoms with Crippen LogP contribution in [-0.4, -0.2) is 9.78 Å². The Hall–Kier alpha value is -1.97. The van der Waals surface area contributed by atoms with Crippen LogP contribution in [0.5, 0.6) is 0 Å². The molecule has 0 aliphatic rings. The average molecular weight is 475 g/mol. The van der Waals surface area contributed by atoms with E-state index in [2.05, 4.69) is 49.4 Å². The second-order valence-corrected chi connectivity index (χ2v) is 9.43. The molecule has 5 heteroatoms. The smallest absolute Gasteiger partial charge is 0.0568 e. The van der Waals surface area contributed by atoms with Crippen LogP contribution in [0.15, 0.2) is 54.5 Å². The summed E-state index contributed by atoms with van der Waals surface area (Å²) in [4.78, 5) is 0. The molecule has 0 saturated carbocycles. The van der Waals surface area contributed by atoms with Gasteiger partial charge in [0.1, 0.15) is 0 Å². The molecule has 0 bridgehead atoms. The zero-order valence-electron chi connectivity index (χ0n) is 20.1. The quantitative estimate of drug-likeness (QED) is 0.331. The summed E-state index contributed by atoms with van der Waals surface area (Å²) in [5.74, 6) is 0.118. The molecule has 1 atom stereocenters. The lowest BCUT2D eigenvalue weighted by atomic mass is 9.90. The van der Waals surface area contributed by atoms with Crippen LogP contribution in [0.3, 0.4) is 0 Å². The first kappa shape index (κ1) is 26.3. The van der Waals surface area contributed by atoms with Gasteiger partial charge in [-0.05, 0) is 73.4 Å². The standard InChI is InChI=1S/C27H37Cl2N3/c1-7-10-24(11-8-2)32-17-23(16-31-32)21(9-3)15-22(20(6)30)14-19(5)26-25(28)13-12-18(4)27(26)29/h9,12-13,15-17,19,24H,3,7-8,10-11,14,30H2,1-2,4-6H3/b21-15+,22-20+. The van der Waals surface area contributed by atoms with E-state index in [1.165, 1.54) is 0 Å². The van der Waals surface area contributed by atoms with Crippen molar-refractivity contribution in [1.29, 1.82) is 0 Å². The van der Waals surface area contributed by atoms with Gasteiger partial charge in [-0.25, -0.2) is 0 Å². The molecule has 0 radical (unpaired) electrons. The minimum atomic E-state index is 0.118. The third kappa shape index (κ3) is 6.52. The molecule has 0 aliphatic carbocycles. The molecule has 0 aliphatic heterocycles. The van der Waals surface area contributed by atoms with Gasteiger partial charge in [-0.15, -0.1) is 0 Å². The average Bonchev–Trinajstić information content (AvgIpc) is 3.23. The van der Waals surface area contributed by atoms with Gasteiger partial charge in [0.25, 0.3) is 0 Å². The fourth-order valence-corrected chi connectivity index (χ4v) is 4.85. The van der Waals surface area contributed by atoms with Crippen LogP contribution in [0.2, 0.25) is 10.0 Å². The second-order valence-electron chi connectivity index (χ2n) is 8.65. The number of hydrogen-bond donors (Lipinski definition) is 1. The van der Waals surface area contributed by atoms with E-state index in [9.17, 15) is 0 Å². The number of benzene rings is 1. The van der Waals surface area contributed by atoms with Gasteiger partial charge in [0.15, 0.2) is 0 Å². The molecule has 2 N–H and O–H groups in total. The lowest BCUT2D eigenvalue weighted by molar-refractivity contribution is 0.391. The Morgan fingerprint density at radius 2 is 1.88 bits per heavy atom. The number of rotatable bonds is 11. The van der Waals surface area contributed by atoms with E-state index in [1.807, 2.05) is 38.3 Å². The Morgan fingerprint density at radius 3 is 2.44 bits per heavy atom. The predicted octanol–water partition coefficient (Wildman–Crippen LogP) is 8.64. The first-order valence-corrected chi connectivity index (χ1v) is 12.3. The topological polar surface area (TPSA) is 43.8 Å². The van der Waals surface area contributed by atoms with Crippen LogP contribution in [0, 0.1) is 6.92 Å². The van der Waals surface area contributed by atoms with Gasteiger partial charge in [0.05, 0.1) is 12.2 Å². The van der Waals surface area contributed by atoms with E-state index in [0.717, 1.165) is 70.7 Å². The van der Waals surface area contributed by atoms with Crippen LogP contribution >= 0.6 is 23.2 Å². The van der Waals surface area contributed by atoms with E-state index in [4.69, 9.17) is 28.9 Å². The first-order chi connectivity index (χ1) is 15.2. The van der Waals surface area contributed by atoms with E-state index in [1.54, 1.807) is 0 Å². The highest BCUT2D eigenvalue weighted by Gasteiger charge is 2.18. The van der Waals surface area contributed by atoms with Crippen LogP contribution in [0.4, 0.5) is 0 Å². The Morgan fingerprint density at radius 1 is 1.22 bits per heavy atom. The Balaban J connectivity index is 2.35. The third-order valence-corrected chi connectivity index (χ3v) is 6.78. The van der Waals surface area contributed by atoms with Crippen LogP contribution < -0.4 is 5.73 Å².